The van der Waals surface area contributed by atoms with E-state index in [-0.39, 0.29) is 20.5 Å². The van der Waals surface area contributed by atoms with Gasteiger partial charge in [-0.05, 0) is 50.1 Å². The fourth-order valence-corrected chi connectivity index (χ4v) is 1.26. The maximum atomic E-state index is 11.4. The quantitative estimate of drug-likeness (QED) is 0.444. The van der Waals surface area contributed by atoms with Crippen LogP contribution in [0.3, 0.4) is 0 Å². The highest BCUT2D eigenvalue weighted by molar-refractivity contribution is 7.37. The van der Waals surface area contributed by atoms with Crippen molar-refractivity contribution in [2.24, 2.45) is 10.8 Å². The van der Waals surface area contributed by atoms with Gasteiger partial charge in [0.2, 0.25) is 0 Å². The number of hydrogen-bond acceptors (Lipinski definition) is 4. The largest absolute Gasteiger partial charge is 0.461 e. The van der Waals surface area contributed by atoms with E-state index in [1.54, 1.807) is 41.5 Å². The number of hydrogen-bond donors (Lipinski definition) is 0. The summed E-state index contributed by atoms with van der Waals surface area (Å²) < 4.78 is 10.1. The molecule has 5 heteroatoms. The van der Waals surface area contributed by atoms with Crippen LogP contribution in [0, 0.1) is 10.8 Å². The second-order valence-electron chi connectivity index (χ2n) is 5.90. The summed E-state index contributed by atoms with van der Waals surface area (Å²) in [5, 5.41) is 0. The van der Waals surface area contributed by atoms with Gasteiger partial charge in [-0.1, -0.05) is 0 Å². The number of carbonyl (C=O) groups excluding carboxylic acids is 2. The van der Waals surface area contributed by atoms with Gasteiger partial charge in [0.1, 0.15) is 12.7 Å². The Bertz CT molecular complexity index is 245. The summed E-state index contributed by atoms with van der Waals surface area (Å²) in [6, 6.07) is 0. The Labute approximate surface area is 105 Å². The zero-order valence-corrected chi connectivity index (χ0v) is 12.5. The summed E-state index contributed by atoms with van der Waals surface area (Å²) in [6.07, 6.45) is 0.626. The molecule has 100 valence electrons. The van der Waals surface area contributed by atoms with Gasteiger partial charge in [0.15, 0.2) is 0 Å². The first-order valence-electron chi connectivity index (χ1n) is 5.60. The lowest BCUT2D eigenvalue weighted by molar-refractivity contribution is -0.150. The highest BCUT2D eigenvalue weighted by atomic mass is 31.1. The van der Waals surface area contributed by atoms with Gasteiger partial charge < -0.3 is 9.47 Å². The molecule has 0 unspecified atom stereocenters. The Morgan fingerprint density at radius 3 is 1.35 bits per heavy atom. The van der Waals surface area contributed by atoms with Crippen molar-refractivity contribution in [1.82, 2.24) is 0 Å². The summed E-state index contributed by atoms with van der Waals surface area (Å²) in [5.41, 5.74) is -0.959. The Hall–Kier alpha value is -0.630. The predicted octanol–water partition coefficient (Wildman–Crippen LogP) is 2.76. The number of rotatable bonds is 4. The molecule has 17 heavy (non-hydrogen) atoms. The van der Waals surface area contributed by atoms with E-state index in [1.807, 2.05) is 0 Å². The lowest BCUT2D eigenvalue weighted by Crippen LogP contribution is -2.23. The molecule has 0 aliphatic rings. The Morgan fingerprint density at radius 1 is 0.824 bits per heavy atom. The van der Waals surface area contributed by atoms with Crippen molar-refractivity contribution >= 4 is 20.5 Å². The highest BCUT2D eigenvalue weighted by Gasteiger charge is 2.24. The first-order chi connectivity index (χ1) is 7.55. The third kappa shape index (κ3) is 7.32. The second kappa shape index (κ2) is 6.34. The molecule has 0 aliphatic heterocycles. The zero-order valence-electron chi connectivity index (χ0n) is 11.5. The average molecular weight is 262 g/mol. The van der Waals surface area contributed by atoms with Crippen LogP contribution in [0.2, 0.25) is 0 Å². The van der Waals surface area contributed by atoms with Crippen LogP contribution < -0.4 is 0 Å². The molecule has 4 nitrogen and oxygen atoms in total. The van der Waals surface area contributed by atoms with Crippen LogP contribution in [-0.2, 0) is 19.1 Å². The first-order valence-corrected chi connectivity index (χ1v) is 7.02. The summed E-state index contributed by atoms with van der Waals surface area (Å²) in [6.45, 7) is 10.8. The van der Waals surface area contributed by atoms with Crippen LogP contribution in [0.4, 0.5) is 0 Å². The van der Waals surface area contributed by atoms with E-state index in [0.29, 0.717) is 12.7 Å². The van der Waals surface area contributed by atoms with Crippen LogP contribution in [-0.4, -0.2) is 24.6 Å². The van der Waals surface area contributed by atoms with E-state index in [4.69, 9.17) is 9.47 Å². The van der Waals surface area contributed by atoms with Crippen molar-refractivity contribution in [3.8, 4) is 0 Å². The van der Waals surface area contributed by atoms with Crippen LogP contribution in [0.15, 0.2) is 0 Å². The Balaban J connectivity index is 3.68. The minimum atomic E-state index is -0.480. The van der Waals surface area contributed by atoms with Crippen LogP contribution >= 0.6 is 8.58 Å². The topological polar surface area (TPSA) is 52.6 Å². The highest BCUT2D eigenvalue weighted by Crippen LogP contribution is 2.20. The zero-order chi connectivity index (χ0) is 13.7. The lowest BCUT2D eigenvalue weighted by atomic mass is 9.98. The van der Waals surface area contributed by atoms with Gasteiger partial charge in [-0.25, -0.2) is 0 Å². The standard InChI is InChI=1S/C12H23O4P/c1-11(2,3)9(13)15-7-17-8-16-10(14)12(4,5)6/h17H,7-8H2,1-6H3. The molecular weight excluding hydrogens is 239 g/mol. The summed E-state index contributed by atoms with van der Waals surface area (Å²) in [5.74, 6) is -0.459. The summed E-state index contributed by atoms with van der Waals surface area (Å²) in [4.78, 5) is 22.8. The van der Waals surface area contributed by atoms with Crippen LogP contribution in [0.1, 0.15) is 41.5 Å². The fourth-order valence-electron chi connectivity index (χ4n) is 0.708. The van der Waals surface area contributed by atoms with Gasteiger partial charge in [0.25, 0.3) is 0 Å². The van der Waals surface area contributed by atoms with E-state index in [9.17, 15) is 9.59 Å². The van der Waals surface area contributed by atoms with E-state index in [2.05, 4.69) is 0 Å². The van der Waals surface area contributed by atoms with Gasteiger partial charge >= 0.3 is 11.9 Å². The van der Waals surface area contributed by atoms with Gasteiger partial charge in [0.05, 0.1) is 10.8 Å². The number of esters is 2. The van der Waals surface area contributed by atoms with Crippen LogP contribution in [0.5, 0.6) is 0 Å². The third-order valence-corrected chi connectivity index (χ3v) is 2.53. The van der Waals surface area contributed by atoms with Crippen molar-refractivity contribution in [3.63, 3.8) is 0 Å². The molecule has 0 aromatic heterocycles. The lowest BCUT2D eigenvalue weighted by Gasteiger charge is -2.18. The smallest absolute Gasteiger partial charge is 0.311 e. The normalized spacial score (nSPS) is 12.1. The van der Waals surface area contributed by atoms with Crippen molar-refractivity contribution in [1.29, 1.82) is 0 Å². The molecule has 0 aromatic carbocycles. The molecule has 0 spiro atoms. The molecule has 0 N–H and O–H groups in total. The van der Waals surface area contributed by atoms with Gasteiger partial charge in [-0.15, -0.1) is 0 Å². The minimum absolute atomic E-state index is 0.229. The average Bonchev–Trinajstić information content (AvgIpc) is 2.13. The Kier molecular flexibility index (Phi) is 6.11. The summed E-state index contributed by atoms with van der Waals surface area (Å²) in [7, 11) is 0.290. The third-order valence-electron chi connectivity index (χ3n) is 1.84. The van der Waals surface area contributed by atoms with Gasteiger partial charge in [-0.3, -0.25) is 9.59 Å². The molecule has 0 fully saturated rings. The van der Waals surface area contributed by atoms with Gasteiger partial charge in [-0.2, -0.15) is 0 Å². The maximum Gasteiger partial charge on any atom is 0.311 e. The molecule has 0 atom stereocenters. The molecule has 0 radical (unpaired) electrons. The molecule has 0 saturated heterocycles. The van der Waals surface area contributed by atoms with Gasteiger partial charge in [0, 0.05) is 0 Å². The van der Waals surface area contributed by atoms with E-state index in [1.165, 1.54) is 0 Å². The van der Waals surface area contributed by atoms with E-state index in [0.717, 1.165) is 0 Å². The molecule has 0 bridgehead atoms. The Morgan fingerprint density at radius 2 is 1.12 bits per heavy atom. The maximum absolute atomic E-state index is 11.4. The number of ether oxygens (including phenoxy) is 2. The van der Waals surface area contributed by atoms with Crippen molar-refractivity contribution in [2.75, 3.05) is 12.7 Å². The number of carbonyl (C=O) groups is 2. The van der Waals surface area contributed by atoms with Crippen molar-refractivity contribution in [2.45, 2.75) is 41.5 Å². The van der Waals surface area contributed by atoms with E-state index < -0.39 is 10.8 Å². The second-order valence-corrected chi connectivity index (χ2v) is 6.98. The molecule has 0 heterocycles. The van der Waals surface area contributed by atoms with Crippen molar-refractivity contribution in [3.05, 3.63) is 0 Å². The molecule has 0 aromatic rings. The molecule has 0 saturated carbocycles. The summed E-state index contributed by atoms with van der Waals surface area (Å²) >= 11 is 0. The van der Waals surface area contributed by atoms with Crippen LogP contribution in [0.25, 0.3) is 0 Å². The fraction of sp³-hybridized carbons (Fsp3) is 0.833. The molecule has 0 aliphatic carbocycles. The SMILES string of the molecule is CC(C)(C)C(=O)OCPCOC(=O)C(C)(C)C. The molecule has 0 rings (SSSR count). The molecule has 0 amide bonds. The first kappa shape index (κ1) is 16.4. The van der Waals surface area contributed by atoms with E-state index >= 15 is 0 Å². The molecular formula is C12H23O4P. The predicted molar refractivity (Wildman–Crippen MR) is 69.1 cm³/mol. The minimum Gasteiger partial charge on any atom is -0.461 e. The monoisotopic (exact) mass is 262 g/mol. The van der Waals surface area contributed by atoms with Crippen molar-refractivity contribution < 1.29 is 19.1 Å².